The number of hydrogen-bond donors (Lipinski definition) is 0. The maximum Gasteiger partial charge on any atom is 0.260 e. The van der Waals surface area contributed by atoms with Crippen molar-refractivity contribution in [2.75, 3.05) is 13.7 Å². The third kappa shape index (κ3) is 3.48. The van der Waals surface area contributed by atoms with Crippen LogP contribution in [0.1, 0.15) is 23.1 Å². The van der Waals surface area contributed by atoms with Crippen LogP contribution in [0.2, 0.25) is 0 Å². The molecule has 114 valence electrons. The van der Waals surface area contributed by atoms with Gasteiger partial charge in [0.25, 0.3) is 5.91 Å². The van der Waals surface area contributed by atoms with Gasteiger partial charge in [-0.05, 0) is 48.1 Å². The second kappa shape index (κ2) is 6.65. The van der Waals surface area contributed by atoms with Gasteiger partial charge in [0, 0.05) is 13.6 Å². The number of fused-ring (bicyclic) bond motifs is 1. The molecular weight excluding hydrogens is 274 g/mol. The predicted octanol–water partition coefficient (Wildman–Crippen LogP) is 3.21. The fourth-order valence-electron chi connectivity index (χ4n) is 2.84. The Balaban J connectivity index is 1.53. The minimum atomic E-state index is -0.00986. The normalized spacial score (nSPS) is 12.8. The summed E-state index contributed by atoms with van der Waals surface area (Å²) in [6.45, 7) is 0.690. The van der Waals surface area contributed by atoms with Crippen molar-refractivity contribution in [3.63, 3.8) is 0 Å². The monoisotopic (exact) mass is 295 g/mol. The van der Waals surface area contributed by atoms with Gasteiger partial charge >= 0.3 is 0 Å². The van der Waals surface area contributed by atoms with E-state index >= 15 is 0 Å². The van der Waals surface area contributed by atoms with Crippen LogP contribution in [0.3, 0.4) is 0 Å². The number of ether oxygens (including phenoxy) is 1. The Bertz CT molecular complexity index is 652. The van der Waals surface area contributed by atoms with Crippen molar-refractivity contribution >= 4 is 5.91 Å². The molecule has 3 rings (SSSR count). The summed E-state index contributed by atoms with van der Waals surface area (Å²) in [7, 11) is 1.81. The van der Waals surface area contributed by atoms with Gasteiger partial charge in [-0.2, -0.15) is 0 Å². The third-order valence-corrected chi connectivity index (χ3v) is 4.12. The molecule has 0 fully saturated rings. The van der Waals surface area contributed by atoms with Gasteiger partial charge in [-0.1, -0.05) is 36.4 Å². The van der Waals surface area contributed by atoms with Crippen LogP contribution < -0.4 is 4.74 Å². The molecule has 2 aromatic rings. The molecule has 22 heavy (non-hydrogen) atoms. The molecular formula is C19H21NO2. The Morgan fingerprint density at radius 1 is 1.09 bits per heavy atom. The molecule has 0 N–H and O–H groups in total. The minimum absolute atomic E-state index is 0.00986. The van der Waals surface area contributed by atoms with Crippen molar-refractivity contribution in [2.24, 2.45) is 0 Å². The van der Waals surface area contributed by atoms with E-state index in [0.29, 0.717) is 6.54 Å². The van der Waals surface area contributed by atoms with Crippen LogP contribution in [0.25, 0.3) is 0 Å². The standard InChI is InChI=1S/C19H21NO2/c1-20(13-15-6-3-2-4-7-15)19(21)14-22-18-11-10-16-8-5-9-17(16)12-18/h2-4,6-7,10-12H,5,8-9,13-14H2,1H3. The van der Waals surface area contributed by atoms with Crippen molar-refractivity contribution < 1.29 is 9.53 Å². The summed E-state index contributed by atoms with van der Waals surface area (Å²) in [5.74, 6) is 0.784. The second-order valence-electron chi connectivity index (χ2n) is 5.81. The molecule has 0 radical (unpaired) electrons. The van der Waals surface area contributed by atoms with Crippen LogP contribution in [0, 0.1) is 0 Å². The first-order valence-electron chi connectivity index (χ1n) is 7.75. The van der Waals surface area contributed by atoms with Gasteiger partial charge in [-0.15, -0.1) is 0 Å². The Labute approximate surface area is 131 Å². The van der Waals surface area contributed by atoms with Gasteiger partial charge < -0.3 is 9.64 Å². The Morgan fingerprint density at radius 3 is 2.68 bits per heavy atom. The first kappa shape index (κ1) is 14.6. The highest BCUT2D eigenvalue weighted by Gasteiger charge is 2.13. The van der Waals surface area contributed by atoms with E-state index in [9.17, 15) is 4.79 Å². The number of rotatable bonds is 5. The number of carbonyl (C=O) groups is 1. The smallest absolute Gasteiger partial charge is 0.260 e. The van der Waals surface area contributed by atoms with E-state index in [1.54, 1.807) is 11.9 Å². The minimum Gasteiger partial charge on any atom is -0.484 e. The quantitative estimate of drug-likeness (QED) is 0.847. The van der Waals surface area contributed by atoms with E-state index in [1.807, 2.05) is 36.4 Å². The summed E-state index contributed by atoms with van der Waals surface area (Å²) < 4.78 is 5.66. The van der Waals surface area contributed by atoms with E-state index in [-0.39, 0.29) is 12.5 Å². The number of carbonyl (C=O) groups excluding carboxylic acids is 1. The first-order chi connectivity index (χ1) is 10.7. The van der Waals surface area contributed by atoms with Crippen LogP contribution in [0.5, 0.6) is 5.75 Å². The van der Waals surface area contributed by atoms with E-state index < -0.39 is 0 Å². The molecule has 2 aromatic carbocycles. The maximum atomic E-state index is 12.2. The fraction of sp³-hybridized carbons (Fsp3) is 0.316. The molecule has 0 bridgehead atoms. The van der Waals surface area contributed by atoms with Gasteiger partial charge in [0.05, 0.1) is 0 Å². The van der Waals surface area contributed by atoms with E-state index in [1.165, 1.54) is 17.5 Å². The molecule has 1 aliphatic carbocycles. The molecule has 0 unspecified atom stereocenters. The molecule has 1 amide bonds. The highest BCUT2D eigenvalue weighted by molar-refractivity contribution is 5.77. The number of nitrogens with zero attached hydrogens (tertiary/aromatic N) is 1. The predicted molar refractivity (Wildman–Crippen MR) is 86.9 cm³/mol. The van der Waals surface area contributed by atoms with E-state index in [4.69, 9.17) is 4.74 Å². The molecule has 3 heteroatoms. The van der Waals surface area contributed by atoms with Gasteiger partial charge in [0.1, 0.15) is 5.75 Å². The maximum absolute atomic E-state index is 12.2. The number of amides is 1. The van der Waals surface area contributed by atoms with Gasteiger partial charge in [-0.3, -0.25) is 4.79 Å². The number of hydrogen-bond acceptors (Lipinski definition) is 2. The zero-order valence-corrected chi connectivity index (χ0v) is 12.9. The lowest BCUT2D eigenvalue weighted by molar-refractivity contribution is -0.132. The summed E-state index contributed by atoms with van der Waals surface area (Å²) in [5, 5.41) is 0. The lowest BCUT2D eigenvalue weighted by Gasteiger charge is -2.17. The Kier molecular flexibility index (Phi) is 4.42. The highest BCUT2D eigenvalue weighted by Crippen LogP contribution is 2.26. The summed E-state index contributed by atoms with van der Waals surface area (Å²) in [4.78, 5) is 13.9. The zero-order chi connectivity index (χ0) is 15.4. The van der Waals surface area contributed by atoms with Crippen LogP contribution in [0.15, 0.2) is 48.5 Å². The Hall–Kier alpha value is -2.29. The van der Waals surface area contributed by atoms with Crippen molar-refractivity contribution in [3.8, 4) is 5.75 Å². The lowest BCUT2D eigenvalue weighted by Crippen LogP contribution is -2.30. The van der Waals surface area contributed by atoms with Crippen LogP contribution >= 0.6 is 0 Å². The number of aryl methyl sites for hydroxylation is 2. The van der Waals surface area contributed by atoms with E-state index in [0.717, 1.165) is 24.2 Å². The van der Waals surface area contributed by atoms with Crippen LogP contribution in [-0.2, 0) is 24.2 Å². The molecule has 0 spiro atoms. The fourth-order valence-corrected chi connectivity index (χ4v) is 2.84. The summed E-state index contributed by atoms with van der Waals surface area (Å²) in [6.07, 6.45) is 3.50. The van der Waals surface area contributed by atoms with Crippen LogP contribution in [-0.4, -0.2) is 24.5 Å². The average Bonchev–Trinajstić information content (AvgIpc) is 3.01. The van der Waals surface area contributed by atoms with E-state index in [2.05, 4.69) is 12.1 Å². The summed E-state index contributed by atoms with van der Waals surface area (Å²) in [5.41, 5.74) is 3.90. The lowest BCUT2D eigenvalue weighted by atomic mass is 10.1. The van der Waals surface area contributed by atoms with Gasteiger partial charge in [-0.25, -0.2) is 0 Å². The zero-order valence-electron chi connectivity index (χ0n) is 12.9. The summed E-state index contributed by atoms with van der Waals surface area (Å²) in [6, 6.07) is 16.1. The molecule has 0 heterocycles. The summed E-state index contributed by atoms with van der Waals surface area (Å²) >= 11 is 0. The largest absolute Gasteiger partial charge is 0.484 e. The molecule has 1 aliphatic rings. The first-order valence-corrected chi connectivity index (χ1v) is 7.75. The van der Waals surface area contributed by atoms with Gasteiger partial charge in [0.2, 0.25) is 0 Å². The molecule has 0 aromatic heterocycles. The third-order valence-electron chi connectivity index (χ3n) is 4.12. The number of benzene rings is 2. The average molecular weight is 295 g/mol. The van der Waals surface area contributed by atoms with Crippen molar-refractivity contribution in [1.82, 2.24) is 4.90 Å². The second-order valence-corrected chi connectivity index (χ2v) is 5.81. The SMILES string of the molecule is CN(Cc1ccccc1)C(=O)COc1ccc2c(c1)CCC2. The highest BCUT2D eigenvalue weighted by atomic mass is 16.5. The van der Waals surface area contributed by atoms with Crippen LogP contribution in [0.4, 0.5) is 0 Å². The number of likely N-dealkylation sites (N-methyl/N-ethyl adjacent to an activating group) is 1. The Morgan fingerprint density at radius 2 is 1.86 bits per heavy atom. The van der Waals surface area contributed by atoms with Crippen molar-refractivity contribution in [2.45, 2.75) is 25.8 Å². The molecule has 0 saturated heterocycles. The molecule has 0 aliphatic heterocycles. The van der Waals surface area contributed by atoms with Crippen molar-refractivity contribution in [1.29, 1.82) is 0 Å². The molecule has 0 saturated carbocycles. The van der Waals surface area contributed by atoms with Gasteiger partial charge in [0.15, 0.2) is 6.61 Å². The molecule has 0 atom stereocenters. The molecule has 3 nitrogen and oxygen atoms in total. The van der Waals surface area contributed by atoms with Crippen molar-refractivity contribution in [3.05, 3.63) is 65.2 Å². The topological polar surface area (TPSA) is 29.5 Å².